The lowest BCUT2D eigenvalue weighted by molar-refractivity contribution is 0.135. The van der Waals surface area contributed by atoms with Gasteiger partial charge in [0.15, 0.2) is 0 Å². The first-order valence-corrected chi connectivity index (χ1v) is 8.96. The van der Waals surface area contributed by atoms with E-state index in [0.29, 0.717) is 21.6 Å². The number of para-hydroxylation sites is 1. The number of urea groups is 1. The maximum atomic E-state index is 12.1. The fraction of sp³-hybridized carbons (Fsp3) is 0.333. The Morgan fingerprint density at radius 2 is 1.84 bits per heavy atom. The number of carbonyl (C=O) groups is 1. The Morgan fingerprint density at radius 1 is 1.08 bits per heavy atom. The quantitative estimate of drug-likeness (QED) is 0.793. The lowest BCUT2D eigenvalue weighted by Crippen LogP contribution is -2.41. The minimum absolute atomic E-state index is 0.110. The summed E-state index contributed by atoms with van der Waals surface area (Å²) in [7, 11) is 0. The van der Waals surface area contributed by atoms with Crippen molar-refractivity contribution in [2.75, 3.05) is 5.32 Å². The van der Waals surface area contributed by atoms with Crippen molar-refractivity contribution in [2.45, 2.75) is 37.8 Å². The zero-order chi connectivity index (χ0) is 17.6. The van der Waals surface area contributed by atoms with Gasteiger partial charge in [0.05, 0.1) is 15.7 Å². The number of benzene rings is 1. The number of rotatable bonds is 4. The highest BCUT2D eigenvalue weighted by atomic mass is 35.5. The van der Waals surface area contributed by atoms with Crippen molar-refractivity contribution in [3.8, 4) is 5.88 Å². The van der Waals surface area contributed by atoms with Gasteiger partial charge in [0, 0.05) is 18.3 Å². The molecule has 7 heteroatoms. The fourth-order valence-corrected chi connectivity index (χ4v) is 3.13. The van der Waals surface area contributed by atoms with Gasteiger partial charge in [-0.1, -0.05) is 35.3 Å². The van der Waals surface area contributed by atoms with Gasteiger partial charge in [-0.25, -0.2) is 9.78 Å². The fourth-order valence-electron chi connectivity index (χ4n) is 2.83. The molecule has 0 bridgehead atoms. The van der Waals surface area contributed by atoms with Crippen LogP contribution in [-0.2, 0) is 0 Å². The largest absolute Gasteiger partial charge is 0.474 e. The van der Waals surface area contributed by atoms with Crippen molar-refractivity contribution < 1.29 is 9.53 Å². The third kappa shape index (κ3) is 5.25. The normalized spacial score (nSPS) is 19.9. The zero-order valence-electron chi connectivity index (χ0n) is 13.5. The maximum Gasteiger partial charge on any atom is 0.319 e. The van der Waals surface area contributed by atoms with Crippen LogP contribution >= 0.6 is 23.2 Å². The summed E-state index contributed by atoms with van der Waals surface area (Å²) in [4.78, 5) is 16.3. The van der Waals surface area contributed by atoms with Gasteiger partial charge in [-0.15, -0.1) is 0 Å². The first kappa shape index (κ1) is 17.8. The maximum absolute atomic E-state index is 12.1. The van der Waals surface area contributed by atoms with Crippen LogP contribution in [0.4, 0.5) is 10.5 Å². The molecule has 0 atom stereocenters. The van der Waals surface area contributed by atoms with Crippen molar-refractivity contribution in [1.82, 2.24) is 10.3 Å². The number of ether oxygens (including phenoxy) is 1. The van der Waals surface area contributed by atoms with E-state index in [-0.39, 0.29) is 18.2 Å². The molecule has 0 unspecified atom stereocenters. The van der Waals surface area contributed by atoms with Crippen molar-refractivity contribution >= 4 is 34.9 Å². The molecule has 3 rings (SSSR count). The molecule has 1 aromatic carbocycles. The minimum atomic E-state index is -0.239. The Kier molecular flexibility index (Phi) is 6.00. The highest BCUT2D eigenvalue weighted by Gasteiger charge is 2.24. The predicted octanol–water partition coefficient (Wildman–Crippen LogP) is 4.90. The Labute approximate surface area is 156 Å². The molecule has 132 valence electrons. The molecule has 25 heavy (non-hydrogen) atoms. The average Bonchev–Trinajstić information content (AvgIpc) is 2.61. The van der Waals surface area contributed by atoms with E-state index in [1.54, 1.807) is 30.5 Å². The van der Waals surface area contributed by atoms with E-state index < -0.39 is 0 Å². The number of amides is 2. The molecule has 1 aromatic heterocycles. The van der Waals surface area contributed by atoms with Crippen molar-refractivity contribution in [2.24, 2.45) is 0 Å². The van der Waals surface area contributed by atoms with E-state index in [1.165, 1.54) is 0 Å². The van der Waals surface area contributed by atoms with Crippen molar-refractivity contribution in [1.29, 1.82) is 0 Å². The van der Waals surface area contributed by atoms with Gasteiger partial charge in [0.25, 0.3) is 0 Å². The number of anilines is 1. The van der Waals surface area contributed by atoms with Gasteiger partial charge >= 0.3 is 6.03 Å². The topological polar surface area (TPSA) is 63.2 Å². The molecule has 1 fully saturated rings. The van der Waals surface area contributed by atoms with E-state index >= 15 is 0 Å². The van der Waals surface area contributed by atoms with Crippen LogP contribution in [0, 0.1) is 0 Å². The van der Waals surface area contributed by atoms with Gasteiger partial charge in [-0.3, -0.25) is 0 Å². The van der Waals surface area contributed by atoms with Gasteiger partial charge in [0.1, 0.15) is 6.10 Å². The number of hydrogen-bond donors (Lipinski definition) is 2. The molecule has 2 N–H and O–H groups in total. The number of pyridine rings is 1. The zero-order valence-corrected chi connectivity index (χ0v) is 15.1. The summed E-state index contributed by atoms with van der Waals surface area (Å²) >= 11 is 11.9. The van der Waals surface area contributed by atoms with Crippen molar-refractivity contribution in [3.05, 3.63) is 52.6 Å². The van der Waals surface area contributed by atoms with E-state index in [4.69, 9.17) is 27.9 Å². The summed E-state index contributed by atoms with van der Waals surface area (Å²) in [5.74, 6) is 0.581. The predicted molar refractivity (Wildman–Crippen MR) is 99.5 cm³/mol. The SMILES string of the molecule is O=C(Nc1ccccc1Cl)NC1CCC(Oc2ccc(Cl)cn2)CC1. The highest BCUT2D eigenvalue weighted by molar-refractivity contribution is 6.33. The van der Waals surface area contributed by atoms with Gasteiger partial charge in [-0.2, -0.15) is 0 Å². The Hall–Kier alpha value is -1.98. The van der Waals surface area contributed by atoms with Crippen LogP contribution in [0.15, 0.2) is 42.6 Å². The van der Waals surface area contributed by atoms with Crippen LogP contribution in [0.1, 0.15) is 25.7 Å². The molecule has 0 radical (unpaired) electrons. The molecule has 0 spiro atoms. The monoisotopic (exact) mass is 379 g/mol. The summed E-state index contributed by atoms with van der Waals surface area (Å²) in [6, 6.07) is 10.6. The van der Waals surface area contributed by atoms with Crippen molar-refractivity contribution in [3.63, 3.8) is 0 Å². The summed E-state index contributed by atoms with van der Waals surface area (Å²) in [5, 5.41) is 6.87. The first-order chi connectivity index (χ1) is 12.1. The van der Waals surface area contributed by atoms with Crippen LogP contribution in [0.2, 0.25) is 10.0 Å². The second-order valence-corrected chi connectivity index (χ2v) is 6.83. The molecule has 1 aliphatic carbocycles. The van der Waals surface area contributed by atoms with E-state index in [1.807, 2.05) is 12.1 Å². The highest BCUT2D eigenvalue weighted by Crippen LogP contribution is 2.24. The lowest BCUT2D eigenvalue weighted by Gasteiger charge is -2.29. The standard InChI is InChI=1S/C18H19Cl2N3O2/c19-12-5-10-17(21-11-12)25-14-8-6-13(7-9-14)22-18(24)23-16-4-2-1-3-15(16)20/h1-5,10-11,13-14H,6-9H2,(H2,22,23,24). The number of nitrogens with zero attached hydrogens (tertiary/aromatic N) is 1. The molecule has 5 nitrogen and oxygen atoms in total. The molecule has 0 saturated heterocycles. The summed E-state index contributed by atoms with van der Waals surface area (Å²) in [5.41, 5.74) is 0.604. The number of aromatic nitrogens is 1. The van der Waals surface area contributed by atoms with Gasteiger partial charge in [-0.05, 0) is 43.9 Å². The molecule has 1 heterocycles. The van der Waals surface area contributed by atoms with Crippen LogP contribution in [0.5, 0.6) is 5.88 Å². The Morgan fingerprint density at radius 3 is 2.52 bits per heavy atom. The third-order valence-corrected chi connectivity index (χ3v) is 4.67. The summed E-state index contributed by atoms with van der Waals surface area (Å²) in [6.07, 6.45) is 5.12. The second kappa shape index (κ2) is 8.41. The first-order valence-electron chi connectivity index (χ1n) is 8.20. The molecular formula is C18H19Cl2N3O2. The van der Waals surface area contributed by atoms with Crippen LogP contribution < -0.4 is 15.4 Å². The van der Waals surface area contributed by atoms with Crippen LogP contribution in [0.25, 0.3) is 0 Å². The third-order valence-electron chi connectivity index (χ3n) is 4.12. The number of nitrogens with one attached hydrogen (secondary N) is 2. The smallest absolute Gasteiger partial charge is 0.319 e. The molecule has 2 aromatic rings. The second-order valence-electron chi connectivity index (χ2n) is 5.98. The molecule has 0 aliphatic heterocycles. The number of carbonyl (C=O) groups excluding carboxylic acids is 1. The van der Waals surface area contributed by atoms with E-state index in [2.05, 4.69) is 15.6 Å². The summed E-state index contributed by atoms with van der Waals surface area (Å²) < 4.78 is 5.86. The van der Waals surface area contributed by atoms with Crippen LogP contribution in [0.3, 0.4) is 0 Å². The molecule has 1 aliphatic rings. The Balaban J connectivity index is 1.43. The molecule has 1 saturated carbocycles. The van der Waals surface area contributed by atoms with Crippen LogP contribution in [-0.4, -0.2) is 23.2 Å². The average molecular weight is 380 g/mol. The lowest BCUT2D eigenvalue weighted by atomic mass is 9.93. The summed E-state index contributed by atoms with van der Waals surface area (Å²) in [6.45, 7) is 0. The minimum Gasteiger partial charge on any atom is -0.474 e. The van der Waals surface area contributed by atoms with Gasteiger partial charge in [0.2, 0.25) is 5.88 Å². The van der Waals surface area contributed by atoms with Gasteiger partial charge < -0.3 is 15.4 Å². The number of hydrogen-bond acceptors (Lipinski definition) is 3. The Bertz CT molecular complexity index is 717. The molecular weight excluding hydrogens is 361 g/mol. The van der Waals surface area contributed by atoms with E-state index in [0.717, 1.165) is 25.7 Å². The molecule has 2 amide bonds. The van der Waals surface area contributed by atoms with E-state index in [9.17, 15) is 4.79 Å². The number of halogens is 2.